The molecule has 4 aromatic rings. The van der Waals surface area contributed by atoms with E-state index in [4.69, 9.17) is 16.3 Å². The molecule has 2 atom stereocenters. The monoisotopic (exact) mass is 719 g/mol. The quantitative estimate of drug-likeness (QED) is 0.208. The van der Waals surface area contributed by atoms with Crippen LogP contribution in [-0.2, 0) is 22.2 Å². The molecule has 6 rings (SSSR count). The first-order valence-corrected chi connectivity index (χ1v) is 15.8. The predicted octanol–water partition coefficient (Wildman–Crippen LogP) is 7.00. The number of amides is 1. The van der Waals surface area contributed by atoms with E-state index in [-0.39, 0.29) is 49.2 Å². The lowest BCUT2D eigenvalue weighted by molar-refractivity contribution is -0.139. The number of rotatable bonds is 6. The average molecular weight is 720 g/mol. The van der Waals surface area contributed by atoms with E-state index in [0.29, 0.717) is 21.3 Å². The third-order valence-corrected chi connectivity index (χ3v) is 9.02. The molecule has 0 radical (unpaired) electrons. The van der Waals surface area contributed by atoms with Crippen molar-refractivity contribution in [3.8, 4) is 22.6 Å². The van der Waals surface area contributed by atoms with Crippen LogP contribution in [0.4, 0.5) is 26.3 Å². The Kier molecular flexibility index (Phi) is 9.44. The van der Waals surface area contributed by atoms with Crippen LogP contribution in [0.5, 0.6) is 11.5 Å². The SMILES string of the molecule is Cc1cccc2c1-c1cc(Cl)c(F)c(c1)[C@@H](CC(=O)O)NC(=O)[C@H](n1cc(CCN3CC(F)C3)c(C(F)(F)F)cc1=O)c1cc(ccc1F)O2. The zero-order valence-corrected chi connectivity index (χ0v) is 26.9. The van der Waals surface area contributed by atoms with Crippen LogP contribution in [0.1, 0.15) is 46.3 Å². The van der Waals surface area contributed by atoms with Gasteiger partial charge >= 0.3 is 12.1 Å². The lowest BCUT2D eigenvalue weighted by atomic mass is 9.94. The number of fused-ring (bicyclic) bond motifs is 6. The number of carboxylic acids is 1. The normalized spacial score (nSPS) is 18.1. The van der Waals surface area contributed by atoms with Crippen LogP contribution < -0.4 is 15.6 Å². The number of aryl methyl sites for hydroxylation is 1. The van der Waals surface area contributed by atoms with Crippen LogP contribution in [0.15, 0.2) is 65.6 Å². The Morgan fingerprint density at radius 2 is 1.80 bits per heavy atom. The molecule has 8 nitrogen and oxygen atoms in total. The number of alkyl halides is 4. The Balaban J connectivity index is 1.58. The number of nitrogens with zero attached hydrogens (tertiary/aromatic N) is 2. The van der Waals surface area contributed by atoms with Crippen molar-refractivity contribution in [1.29, 1.82) is 0 Å². The summed E-state index contributed by atoms with van der Waals surface area (Å²) in [5.74, 6) is -4.66. The van der Waals surface area contributed by atoms with E-state index in [1.807, 2.05) is 0 Å². The highest BCUT2D eigenvalue weighted by molar-refractivity contribution is 6.31. The van der Waals surface area contributed by atoms with Crippen LogP contribution in [0, 0.1) is 18.6 Å². The molecule has 2 aliphatic heterocycles. The number of ether oxygens (including phenoxy) is 1. The van der Waals surface area contributed by atoms with Gasteiger partial charge in [-0.2, -0.15) is 13.2 Å². The van der Waals surface area contributed by atoms with Crippen molar-refractivity contribution in [1.82, 2.24) is 14.8 Å². The highest BCUT2D eigenvalue weighted by Gasteiger charge is 2.38. The van der Waals surface area contributed by atoms with Gasteiger partial charge in [0.2, 0.25) is 5.91 Å². The second-order valence-corrected chi connectivity index (χ2v) is 12.6. The summed E-state index contributed by atoms with van der Waals surface area (Å²) in [4.78, 5) is 41.3. The molecule has 0 saturated carbocycles. The maximum Gasteiger partial charge on any atom is 0.416 e. The Labute approximate surface area is 285 Å². The molecule has 1 saturated heterocycles. The molecule has 2 aliphatic rings. The number of aliphatic carboxylic acids is 1. The van der Waals surface area contributed by atoms with Gasteiger partial charge in [-0.15, -0.1) is 0 Å². The summed E-state index contributed by atoms with van der Waals surface area (Å²) in [5.41, 5.74) is -2.57. The molecule has 1 amide bonds. The van der Waals surface area contributed by atoms with Crippen LogP contribution in [0.2, 0.25) is 5.02 Å². The smallest absolute Gasteiger partial charge is 0.416 e. The third kappa shape index (κ3) is 6.94. The first-order chi connectivity index (χ1) is 23.6. The predicted molar refractivity (Wildman–Crippen MR) is 170 cm³/mol. The molecule has 2 N–H and O–H groups in total. The van der Waals surface area contributed by atoms with Gasteiger partial charge in [-0.3, -0.25) is 23.9 Å². The molecule has 0 aliphatic carbocycles. The average Bonchev–Trinajstić information content (AvgIpc) is 3.02. The Morgan fingerprint density at radius 3 is 2.48 bits per heavy atom. The maximum atomic E-state index is 15.8. The van der Waals surface area contributed by atoms with E-state index in [2.05, 4.69) is 5.32 Å². The van der Waals surface area contributed by atoms with Gasteiger partial charge in [0.1, 0.15) is 35.3 Å². The minimum absolute atomic E-state index is 0.00780. The van der Waals surface area contributed by atoms with Crippen LogP contribution in [0.25, 0.3) is 11.1 Å². The van der Waals surface area contributed by atoms with Gasteiger partial charge in [0.25, 0.3) is 5.56 Å². The molecule has 15 heteroatoms. The van der Waals surface area contributed by atoms with Gasteiger partial charge in [-0.25, -0.2) is 13.2 Å². The second kappa shape index (κ2) is 13.5. The van der Waals surface area contributed by atoms with Crippen molar-refractivity contribution in [2.75, 3.05) is 19.6 Å². The third-order valence-electron chi connectivity index (χ3n) is 8.75. The Morgan fingerprint density at radius 1 is 1.06 bits per heavy atom. The number of nitrogens with one attached hydrogen (secondary N) is 1. The van der Waals surface area contributed by atoms with Gasteiger partial charge in [0, 0.05) is 48.6 Å². The summed E-state index contributed by atoms with van der Waals surface area (Å²) in [6.45, 7) is 1.75. The Hall–Kier alpha value is -4.82. The van der Waals surface area contributed by atoms with Crippen LogP contribution in [0.3, 0.4) is 0 Å². The summed E-state index contributed by atoms with van der Waals surface area (Å²) >= 11 is 6.29. The standard InChI is InChI=1S/C35H28ClF6N3O5/c1-17-3-2-4-28-31(17)19-9-23(32(39)25(36)10-19)27(13-30(47)48)43-34(49)33(22-11-21(50-28)5-6-26(22)38)45-14-18(7-8-44-15-20(37)16-44)24(12-29(45)46)35(40,41)42/h2-6,9-12,14,20,27,33H,7-8,13,15-16H2,1H3,(H,43,49)(H,47,48)/t27-,33-/m1/s1. The van der Waals surface area contributed by atoms with E-state index in [1.165, 1.54) is 18.2 Å². The van der Waals surface area contributed by atoms with Gasteiger partial charge in [0.05, 0.1) is 23.0 Å². The number of pyridine rings is 1. The number of carbonyl (C=O) groups is 2. The number of benzene rings is 3. The number of carbonyl (C=O) groups excluding carboxylic acids is 1. The van der Waals surface area contributed by atoms with Gasteiger partial charge < -0.3 is 15.2 Å². The Bertz CT molecular complexity index is 2060. The van der Waals surface area contributed by atoms with E-state index in [0.717, 1.165) is 18.3 Å². The second-order valence-electron chi connectivity index (χ2n) is 12.2. The summed E-state index contributed by atoms with van der Waals surface area (Å²) < 4.78 is 94.1. The van der Waals surface area contributed by atoms with E-state index < -0.39 is 81.6 Å². The minimum atomic E-state index is -4.99. The molecule has 4 bridgehead atoms. The van der Waals surface area contributed by atoms with Crippen molar-refractivity contribution in [3.05, 3.63) is 116 Å². The number of aromatic nitrogens is 1. The highest BCUT2D eigenvalue weighted by atomic mass is 35.5. The molecular formula is C35H28ClF6N3O5. The molecule has 0 spiro atoms. The molecular weight excluding hydrogens is 692 g/mol. The van der Waals surface area contributed by atoms with Gasteiger partial charge in [-0.05, 0) is 66.4 Å². The summed E-state index contributed by atoms with van der Waals surface area (Å²) in [6.07, 6.45) is -6.53. The fourth-order valence-corrected chi connectivity index (χ4v) is 6.56. The number of carboxylic acid groups (broad SMARTS) is 1. The minimum Gasteiger partial charge on any atom is -0.481 e. The van der Waals surface area contributed by atoms with Gasteiger partial charge in [-0.1, -0.05) is 23.7 Å². The van der Waals surface area contributed by atoms with Crippen molar-refractivity contribution in [2.45, 2.75) is 44.2 Å². The molecule has 1 fully saturated rings. The zero-order valence-electron chi connectivity index (χ0n) is 26.2. The topological polar surface area (TPSA) is 101 Å². The molecule has 1 aromatic heterocycles. The highest BCUT2D eigenvalue weighted by Crippen LogP contribution is 2.41. The number of likely N-dealkylation sites (tertiary alicyclic amines) is 1. The molecule has 3 aromatic carbocycles. The number of hydrogen-bond acceptors (Lipinski definition) is 5. The first-order valence-electron chi connectivity index (χ1n) is 15.4. The molecule has 50 heavy (non-hydrogen) atoms. The van der Waals surface area contributed by atoms with Gasteiger partial charge in [0.15, 0.2) is 0 Å². The van der Waals surface area contributed by atoms with Crippen molar-refractivity contribution in [2.24, 2.45) is 0 Å². The fourth-order valence-electron chi connectivity index (χ4n) is 6.33. The number of hydrogen-bond donors (Lipinski definition) is 2. The van der Waals surface area contributed by atoms with Crippen LogP contribution >= 0.6 is 11.6 Å². The lowest BCUT2D eigenvalue weighted by Gasteiger charge is -2.34. The molecule has 0 unspecified atom stereocenters. The van der Waals surface area contributed by atoms with Crippen LogP contribution in [-0.4, -0.2) is 52.3 Å². The molecule has 3 heterocycles. The van der Waals surface area contributed by atoms with Crippen molar-refractivity contribution >= 4 is 23.5 Å². The van der Waals surface area contributed by atoms with Crippen molar-refractivity contribution in [3.63, 3.8) is 0 Å². The first kappa shape index (κ1) is 35.0. The van der Waals surface area contributed by atoms with E-state index in [9.17, 15) is 37.1 Å². The number of halogens is 7. The molecule has 262 valence electrons. The van der Waals surface area contributed by atoms with Crippen molar-refractivity contribution < 1.29 is 45.8 Å². The largest absolute Gasteiger partial charge is 0.481 e. The summed E-state index contributed by atoms with van der Waals surface area (Å²) in [6, 6.07) is 7.41. The zero-order chi connectivity index (χ0) is 36.1. The summed E-state index contributed by atoms with van der Waals surface area (Å²) in [5, 5.41) is 11.8. The fraction of sp³-hybridized carbons (Fsp3) is 0.286. The maximum absolute atomic E-state index is 15.8. The van der Waals surface area contributed by atoms with E-state index in [1.54, 1.807) is 30.0 Å². The van der Waals surface area contributed by atoms with E-state index >= 15 is 8.78 Å². The summed E-state index contributed by atoms with van der Waals surface area (Å²) in [7, 11) is 0. The lowest BCUT2D eigenvalue weighted by Crippen LogP contribution is -2.49.